The maximum Gasteiger partial charge on any atom is 0.213 e. The fourth-order valence-corrected chi connectivity index (χ4v) is 4.72. The van der Waals surface area contributed by atoms with E-state index in [0.717, 1.165) is 25.3 Å². The average molecular weight is 405 g/mol. The van der Waals surface area contributed by atoms with E-state index in [2.05, 4.69) is 71.4 Å². The van der Waals surface area contributed by atoms with E-state index in [1.54, 1.807) is 0 Å². The molecule has 29 heavy (non-hydrogen) atoms. The smallest absolute Gasteiger partial charge is 0.213 e. The predicted molar refractivity (Wildman–Crippen MR) is 120 cm³/mol. The highest BCUT2D eigenvalue weighted by Crippen LogP contribution is 2.31. The normalized spacial score (nSPS) is 15.0. The molecule has 1 atom stereocenters. The van der Waals surface area contributed by atoms with Crippen molar-refractivity contribution in [2.75, 3.05) is 13.2 Å². The van der Waals surface area contributed by atoms with Crippen LogP contribution in [0.2, 0.25) is 0 Å². The zero-order valence-electron chi connectivity index (χ0n) is 17.2. The van der Waals surface area contributed by atoms with Gasteiger partial charge in [0.05, 0.1) is 6.61 Å². The highest BCUT2D eigenvalue weighted by molar-refractivity contribution is 7.98. The fraction of sp³-hybridized carbons (Fsp3) is 0.320. The quantitative estimate of drug-likeness (QED) is 0.458. The fourth-order valence-electron chi connectivity index (χ4n) is 3.80. The topological polar surface area (TPSA) is 25.4 Å². The third-order valence-corrected chi connectivity index (χ3v) is 6.61. The van der Waals surface area contributed by atoms with E-state index in [1.165, 1.54) is 27.1 Å². The molecule has 0 aliphatic carbocycles. The molecule has 0 radical (unpaired) electrons. The summed E-state index contributed by atoms with van der Waals surface area (Å²) in [6.07, 6.45) is 3.06. The SMILES string of the molecule is CCOc1ccc([C@@H](C)N2CCc3ccc(SCc4ccccc4)cc3C2)cn1. The van der Waals surface area contributed by atoms with Crippen LogP contribution in [-0.2, 0) is 18.7 Å². The van der Waals surface area contributed by atoms with Gasteiger partial charge in [0.2, 0.25) is 5.88 Å². The van der Waals surface area contributed by atoms with Gasteiger partial charge in [-0.25, -0.2) is 4.98 Å². The number of fused-ring (bicyclic) bond motifs is 1. The van der Waals surface area contributed by atoms with Gasteiger partial charge in [-0.15, -0.1) is 11.8 Å². The highest BCUT2D eigenvalue weighted by Gasteiger charge is 2.22. The van der Waals surface area contributed by atoms with Gasteiger partial charge in [0, 0.05) is 42.0 Å². The van der Waals surface area contributed by atoms with Gasteiger partial charge >= 0.3 is 0 Å². The molecule has 0 unspecified atom stereocenters. The molecule has 0 spiro atoms. The number of ether oxygens (including phenoxy) is 1. The van der Waals surface area contributed by atoms with Crippen molar-refractivity contribution in [1.29, 1.82) is 0 Å². The van der Waals surface area contributed by atoms with Crippen molar-refractivity contribution in [3.05, 3.63) is 89.1 Å². The summed E-state index contributed by atoms with van der Waals surface area (Å²) in [4.78, 5) is 8.34. The molecule has 0 saturated carbocycles. The summed E-state index contributed by atoms with van der Waals surface area (Å²) >= 11 is 1.92. The van der Waals surface area contributed by atoms with Gasteiger partial charge in [-0.1, -0.05) is 42.5 Å². The third kappa shape index (κ3) is 5.01. The molecule has 1 aliphatic rings. The summed E-state index contributed by atoms with van der Waals surface area (Å²) in [5, 5.41) is 0. The number of rotatable bonds is 7. The van der Waals surface area contributed by atoms with Crippen molar-refractivity contribution in [2.45, 2.75) is 43.5 Å². The molecule has 1 aliphatic heterocycles. The van der Waals surface area contributed by atoms with Gasteiger partial charge in [-0.3, -0.25) is 4.90 Å². The Labute approximate surface area is 178 Å². The first-order valence-corrected chi connectivity index (χ1v) is 11.3. The van der Waals surface area contributed by atoms with Crippen LogP contribution in [0.4, 0.5) is 0 Å². The Morgan fingerprint density at radius 2 is 1.93 bits per heavy atom. The van der Waals surface area contributed by atoms with Gasteiger partial charge in [0.25, 0.3) is 0 Å². The summed E-state index contributed by atoms with van der Waals surface area (Å²) in [6, 6.07) is 22.1. The Bertz CT molecular complexity index is 927. The molecule has 150 valence electrons. The van der Waals surface area contributed by atoms with Gasteiger partial charge in [0.15, 0.2) is 0 Å². The molecule has 0 amide bonds. The summed E-state index contributed by atoms with van der Waals surface area (Å²) in [5.41, 5.74) is 5.56. The Hall–Kier alpha value is -2.30. The average Bonchev–Trinajstić information content (AvgIpc) is 2.78. The van der Waals surface area contributed by atoms with Crippen molar-refractivity contribution < 1.29 is 4.74 Å². The third-order valence-electron chi connectivity index (χ3n) is 5.55. The van der Waals surface area contributed by atoms with E-state index >= 15 is 0 Å². The first kappa shape index (κ1) is 20.0. The number of benzene rings is 2. The number of thioether (sulfide) groups is 1. The van der Waals surface area contributed by atoms with Crippen LogP contribution in [0.15, 0.2) is 71.8 Å². The molecular formula is C25H28N2OS. The summed E-state index contributed by atoms with van der Waals surface area (Å²) in [7, 11) is 0. The maximum absolute atomic E-state index is 5.47. The number of nitrogens with zero attached hydrogens (tertiary/aromatic N) is 2. The van der Waals surface area contributed by atoms with E-state index in [0.29, 0.717) is 18.5 Å². The van der Waals surface area contributed by atoms with Crippen molar-refractivity contribution in [2.24, 2.45) is 0 Å². The Morgan fingerprint density at radius 3 is 2.69 bits per heavy atom. The predicted octanol–water partition coefficient (Wildman–Crippen LogP) is 5.89. The van der Waals surface area contributed by atoms with Crippen LogP contribution in [0.3, 0.4) is 0 Å². The number of hydrogen-bond donors (Lipinski definition) is 0. The minimum atomic E-state index is 0.340. The molecule has 4 heteroatoms. The van der Waals surface area contributed by atoms with E-state index in [1.807, 2.05) is 30.9 Å². The first-order valence-electron chi connectivity index (χ1n) is 10.3. The lowest BCUT2D eigenvalue weighted by atomic mass is 9.97. The molecule has 3 aromatic rings. The van der Waals surface area contributed by atoms with Crippen LogP contribution in [0.25, 0.3) is 0 Å². The summed E-state index contributed by atoms with van der Waals surface area (Å²) < 4.78 is 5.47. The Kier molecular flexibility index (Phi) is 6.53. The molecule has 0 fully saturated rings. The minimum absolute atomic E-state index is 0.340. The number of pyridine rings is 1. The maximum atomic E-state index is 5.47. The number of hydrogen-bond acceptors (Lipinski definition) is 4. The molecule has 0 bridgehead atoms. The van der Waals surface area contributed by atoms with Crippen molar-refractivity contribution in [1.82, 2.24) is 9.88 Å². The second-order valence-electron chi connectivity index (χ2n) is 7.46. The molecule has 0 saturated heterocycles. The van der Waals surface area contributed by atoms with Crippen LogP contribution in [0, 0.1) is 0 Å². The van der Waals surface area contributed by atoms with Crippen molar-refractivity contribution in [3.63, 3.8) is 0 Å². The molecule has 2 aromatic carbocycles. The number of aromatic nitrogens is 1. The van der Waals surface area contributed by atoms with E-state index in [-0.39, 0.29) is 0 Å². The second kappa shape index (κ2) is 9.47. The highest BCUT2D eigenvalue weighted by atomic mass is 32.2. The van der Waals surface area contributed by atoms with Crippen LogP contribution in [0.5, 0.6) is 5.88 Å². The standard InChI is InChI=1S/C25H28N2OS/c1-3-28-25-12-10-22(16-26-25)19(2)27-14-13-21-9-11-24(15-23(21)17-27)29-18-20-7-5-4-6-8-20/h4-12,15-16,19H,3,13-14,17-18H2,1-2H3/t19-/m1/s1. The Balaban J connectivity index is 1.42. The zero-order valence-corrected chi connectivity index (χ0v) is 18.0. The lowest BCUT2D eigenvalue weighted by Crippen LogP contribution is -2.33. The van der Waals surface area contributed by atoms with Gasteiger partial charge in [0.1, 0.15) is 0 Å². The van der Waals surface area contributed by atoms with E-state index < -0.39 is 0 Å². The molecule has 3 nitrogen and oxygen atoms in total. The molecule has 1 aromatic heterocycles. The summed E-state index contributed by atoms with van der Waals surface area (Å²) in [6.45, 7) is 6.98. The molecular weight excluding hydrogens is 376 g/mol. The lowest BCUT2D eigenvalue weighted by molar-refractivity contribution is 0.191. The van der Waals surface area contributed by atoms with Crippen molar-refractivity contribution >= 4 is 11.8 Å². The van der Waals surface area contributed by atoms with Crippen LogP contribution in [-0.4, -0.2) is 23.0 Å². The largest absolute Gasteiger partial charge is 0.478 e. The molecule has 2 heterocycles. The lowest BCUT2D eigenvalue weighted by Gasteiger charge is -2.34. The second-order valence-corrected chi connectivity index (χ2v) is 8.51. The molecule has 0 N–H and O–H groups in total. The monoisotopic (exact) mass is 404 g/mol. The van der Waals surface area contributed by atoms with Gasteiger partial charge in [-0.2, -0.15) is 0 Å². The van der Waals surface area contributed by atoms with Crippen LogP contribution < -0.4 is 4.74 Å². The zero-order chi connectivity index (χ0) is 20.1. The van der Waals surface area contributed by atoms with Gasteiger partial charge in [-0.05, 0) is 54.7 Å². The van der Waals surface area contributed by atoms with Crippen LogP contribution >= 0.6 is 11.8 Å². The van der Waals surface area contributed by atoms with E-state index in [4.69, 9.17) is 4.74 Å². The Morgan fingerprint density at radius 1 is 1.07 bits per heavy atom. The van der Waals surface area contributed by atoms with Crippen molar-refractivity contribution in [3.8, 4) is 5.88 Å². The van der Waals surface area contributed by atoms with E-state index in [9.17, 15) is 0 Å². The summed E-state index contributed by atoms with van der Waals surface area (Å²) in [5.74, 6) is 1.71. The van der Waals surface area contributed by atoms with Crippen LogP contribution in [0.1, 0.15) is 42.1 Å². The minimum Gasteiger partial charge on any atom is -0.478 e. The van der Waals surface area contributed by atoms with Gasteiger partial charge < -0.3 is 4.74 Å². The molecule has 4 rings (SSSR count). The first-order chi connectivity index (χ1) is 14.2.